The highest BCUT2D eigenvalue weighted by atomic mass is 35.5. The van der Waals surface area contributed by atoms with Gasteiger partial charge in [0.05, 0.1) is 11.5 Å². The summed E-state index contributed by atoms with van der Waals surface area (Å²) in [6, 6.07) is 0. The van der Waals surface area contributed by atoms with E-state index >= 15 is 0 Å². The summed E-state index contributed by atoms with van der Waals surface area (Å²) in [4.78, 5) is 12.6. The van der Waals surface area contributed by atoms with Crippen LogP contribution < -0.4 is 0 Å². The standard InChI is InChI=1S/C19H27ClO2/c1-18-7-5-12(21)9-11(18)3-4-13-14(18)6-8-19(2)15(13)10-16(20)17(19)22/h3,12-16,21H,4-10H2,1-2H3/t12-,13+,14-,15-,16?,18-,19-/m0/s1. The Hall–Kier alpha value is -0.340. The van der Waals surface area contributed by atoms with Gasteiger partial charge in [0.1, 0.15) is 0 Å². The number of aliphatic hydroxyl groups excluding tert-OH is 1. The van der Waals surface area contributed by atoms with E-state index in [2.05, 4.69) is 19.9 Å². The molecule has 0 saturated heterocycles. The average molecular weight is 323 g/mol. The topological polar surface area (TPSA) is 37.3 Å². The fourth-order valence-corrected chi connectivity index (χ4v) is 6.83. The summed E-state index contributed by atoms with van der Waals surface area (Å²) in [7, 11) is 0. The molecule has 0 aliphatic heterocycles. The Kier molecular flexibility index (Phi) is 3.34. The normalized spacial score (nSPS) is 54.3. The van der Waals surface area contributed by atoms with Gasteiger partial charge in [0, 0.05) is 5.41 Å². The number of rotatable bonds is 0. The summed E-state index contributed by atoms with van der Waals surface area (Å²) in [5.74, 6) is 2.04. The minimum atomic E-state index is -0.264. The highest BCUT2D eigenvalue weighted by Crippen LogP contribution is 2.64. The van der Waals surface area contributed by atoms with E-state index < -0.39 is 0 Å². The predicted octanol–water partition coefficient (Wildman–Crippen LogP) is 4.10. The highest BCUT2D eigenvalue weighted by molar-refractivity contribution is 6.32. The van der Waals surface area contributed by atoms with Crippen molar-refractivity contribution in [1.29, 1.82) is 0 Å². The number of aliphatic hydroxyl groups is 1. The third-order valence-electron chi connectivity index (χ3n) is 7.78. The molecule has 3 heteroatoms. The molecule has 4 aliphatic carbocycles. The van der Waals surface area contributed by atoms with Gasteiger partial charge in [0.15, 0.2) is 5.78 Å². The largest absolute Gasteiger partial charge is 0.393 e. The summed E-state index contributed by atoms with van der Waals surface area (Å²) in [6.45, 7) is 4.59. The zero-order valence-electron chi connectivity index (χ0n) is 13.6. The number of allylic oxidation sites excluding steroid dienone is 1. The smallest absolute Gasteiger partial charge is 0.156 e. The van der Waals surface area contributed by atoms with Crippen LogP contribution in [0.15, 0.2) is 11.6 Å². The first-order valence-electron chi connectivity index (χ1n) is 8.92. The fourth-order valence-electron chi connectivity index (χ4n) is 6.39. The molecule has 0 spiro atoms. The number of carbonyl (C=O) groups excluding carboxylic acids is 1. The van der Waals surface area contributed by atoms with Crippen LogP contribution in [-0.2, 0) is 4.79 Å². The third kappa shape index (κ3) is 1.86. The lowest BCUT2D eigenvalue weighted by molar-refractivity contribution is -0.131. The summed E-state index contributed by atoms with van der Waals surface area (Å²) in [5, 5.41) is 9.75. The number of halogens is 1. The average Bonchev–Trinajstić information content (AvgIpc) is 2.72. The molecule has 4 aliphatic rings. The Labute approximate surface area is 138 Å². The first-order chi connectivity index (χ1) is 10.4. The van der Waals surface area contributed by atoms with Crippen LogP contribution in [0, 0.1) is 28.6 Å². The number of carbonyl (C=O) groups is 1. The van der Waals surface area contributed by atoms with Crippen molar-refractivity contribution in [3.8, 4) is 0 Å². The molecule has 4 rings (SSSR count). The zero-order valence-corrected chi connectivity index (χ0v) is 14.4. The van der Waals surface area contributed by atoms with Crippen molar-refractivity contribution in [2.24, 2.45) is 28.6 Å². The Morgan fingerprint density at radius 1 is 1.18 bits per heavy atom. The van der Waals surface area contributed by atoms with E-state index in [4.69, 9.17) is 11.6 Å². The van der Waals surface area contributed by atoms with E-state index in [1.54, 1.807) is 0 Å². The maximum atomic E-state index is 12.6. The van der Waals surface area contributed by atoms with Crippen LogP contribution in [-0.4, -0.2) is 22.4 Å². The lowest BCUT2D eigenvalue weighted by atomic mass is 9.48. The van der Waals surface area contributed by atoms with E-state index in [-0.39, 0.29) is 22.3 Å². The second-order valence-corrected chi connectivity index (χ2v) is 9.21. The number of Topliss-reactive ketones (excluding diaryl/α,β-unsaturated/α-hetero) is 1. The molecule has 0 amide bonds. The quantitative estimate of drug-likeness (QED) is 0.538. The van der Waals surface area contributed by atoms with Gasteiger partial charge in [-0.3, -0.25) is 4.79 Å². The Morgan fingerprint density at radius 2 is 1.91 bits per heavy atom. The number of hydrogen-bond donors (Lipinski definition) is 1. The molecule has 0 radical (unpaired) electrons. The Morgan fingerprint density at radius 3 is 2.68 bits per heavy atom. The van der Waals surface area contributed by atoms with Crippen molar-refractivity contribution in [2.45, 2.75) is 70.3 Å². The van der Waals surface area contributed by atoms with Crippen molar-refractivity contribution in [2.75, 3.05) is 0 Å². The molecule has 0 aromatic carbocycles. The van der Waals surface area contributed by atoms with E-state index in [1.165, 1.54) is 5.57 Å². The van der Waals surface area contributed by atoms with E-state index in [1.807, 2.05) is 0 Å². The number of hydrogen-bond acceptors (Lipinski definition) is 2. The molecule has 122 valence electrons. The van der Waals surface area contributed by atoms with Crippen LogP contribution in [0.3, 0.4) is 0 Å². The first kappa shape index (κ1) is 15.2. The van der Waals surface area contributed by atoms with Crippen LogP contribution in [0.1, 0.15) is 58.8 Å². The molecular formula is C19H27ClO2. The molecule has 3 fully saturated rings. The first-order valence-corrected chi connectivity index (χ1v) is 9.36. The lowest BCUT2D eigenvalue weighted by Gasteiger charge is -2.56. The van der Waals surface area contributed by atoms with Crippen molar-refractivity contribution in [1.82, 2.24) is 0 Å². The number of ketones is 1. The highest BCUT2D eigenvalue weighted by Gasteiger charge is 2.60. The Balaban J connectivity index is 1.70. The molecule has 0 bridgehead atoms. The van der Waals surface area contributed by atoms with E-state index in [0.29, 0.717) is 23.5 Å². The van der Waals surface area contributed by atoms with E-state index in [9.17, 15) is 9.90 Å². The fraction of sp³-hybridized carbons (Fsp3) is 0.842. The van der Waals surface area contributed by atoms with E-state index in [0.717, 1.165) is 44.9 Å². The van der Waals surface area contributed by atoms with Crippen molar-refractivity contribution in [3.05, 3.63) is 11.6 Å². The molecule has 0 aromatic heterocycles. The van der Waals surface area contributed by atoms with Gasteiger partial charge in [-0.05, 0) is 68.1 Å². The molecule has 1 N–H and O–H groups in total. The van der Waals surface area contributed by atoms with Gasteiger partial charge in [0.2, 0.25) is 0 Å². The SMILES string of the molecule is C[C@]12CC[C@H](O)CC1=CC[C@@H]1[C@@H]2CC[C@]2(C)C(=O)C(Cl)C[C@@H]12. The summed E-state index contributed by atoms with van der Waals surface area (Å²) >= 11 is 6.35. The van der Waals surface area contributed by atoms with Gasteiger partial charge in [0.25, 0.3) is 0 Å². The van der Waals surface area contributed by atoms with Crippen LogP contribution in [0.5, 0.6) is 0 Å². The zero-order chi connectivity index (χ0) is 15.7. The van der Waals surface area contributed by atoms with Crippen molar-refractivity contribution < 1.29 is 9.90 Å². The molecule has 0 aromatic rings. The van der Waals surface area contributed by atoms with Gasteiger partial charge in [-0.25, -0.2) is 0 Å². The molecule has 0 heterocycles. The molecule has 1 unspecified atom stereocenters. The molecule has 3 saturated carbocycles. The van der Waals surface area contributed by atoms with Gasteiger partial charge in [-0.2, -0.15) is 0 Å². The van der Waals surface area contributed by atoms with Crippen LogP contribution in [0.2, 0.25) is 0 Å². The molecule has 2 nitrogen and oxygen atoms in total. The van der Waals surface area contributed by atoms with Gasteiger partial charge < -0.3 is 5.11 Å². The molecular weight excluding hydrogens is 296 g/mol. The summed E-state index contributed by atoms with van der Waals surface area (Å²) in [5.41, 5.74) is 1.56. The monoisotopic (exact) mass is 322 g/mol. The van der Waals surface area contributed by atoms with Crippen LogP contribution >= 0.6 is 11.6 Å². The summed E-state index contributed by atoms with van der Waals surface area (Å²) in [6.07, 6.45) is 9.26. The summed E-state index contributed by atoms with van der Waals surface area (Å²) < 4.78 is 0. The molecule has 7 atom stereocenters. The predicted molar refractivity (Wildman–Crippen MR) is 87.7 cm³/mol. The minimum absolute atomic E-state index is 0.148. The maximum Gasteiger partial charge on any atom is 0.156 e. The van der Waals surface area contributed by atoms with Crippen molar-refractivity contribution >= 4 is 17.4 Å². The third-order valence-corrected chi connectivity index (χ3v) is 8.15. The van der Waals surface area contributed by atoms with Gasteiger partial charge >= 0.3 is 0 Å². The lowest BCUT2D eigenvalue weighted by Crippen LogP contribution is -2.50. The minimum Gasteiger partial charge on any atom is -0.393 e. The maximum absolute atomic E-state index is 12.6. The number of alkyl halides is 1. The van der Waals surface area contributed by atoms with Crippen LogP contribution in [0.25, 0.3) is 0 Å². The second-order valence-electron chi connectivity index (χ2n) is 8.68. The number of fused-ring (bicyclic) bond motifs is 5. The van der Waals surface area contributed by atoms with Gasteiger partial charge in [-0.1, -0.05) is 25.5 Å². The van der Waals surface area contributed by atoms with Gasteiger partial charge in [-0.15, -0.1) is 11.6 Å². The second kappa shape index (κ2) is 4.83. The van der Waals surface area contributed by atoms with Crippen LogP contribution in [0.4, 0.5) is 0 Å². The Bertz CT molecular complexity index is 542. The molecule has 22 heavy (non-hydrogen) atoms. The van der Waals surface area contributed by atoms with Crippen molar-refractivity contribution in [3.63, 3.8) is 0 Å².